The van der Waals surface area contributed by atoms with E-state index in [9.17, 15) is 18.4 Å². The van der Waals surface area contributed by atoms with Gasteiger partial charge in [0.05, 0.1) is 17.3 Å². The topological polar surface area (TPSA) is 37.4 Å². The smallest absolute Gasteiger partial charge is 0.227 e. The summed E-state index contributed by atoms with van der Waals surface area (Å²) in [6, 6.07) is 18.9. The zero-order valence-corrected chi connectivity index (χ0v) is 17.2. The summed E-state index contributed by atoms with van der Waals surface area (Å²) >= 11 is 6.25. The quantitative estimate of drug-likeness (QED) is 0.457. The largest absolute Gasteiger partial charge is 0.307 e. The van der Waals surface area contributed by atoms with Crippen LogP contribution in [-0.4, -0.2) is 16.6 Å². The molecule has 3 aromatic rings. The van der Waals surface area contributed by atoms with Gasteiger partial charge < -0.3 is 4.90 Å². The predicted molar refractivity (Wildman–Crippen MR) is 115 cm³/mol. The molecule has 0 N–H and O–H groups in total. The molecule has 0 saturated heterocycles. The van der Waals surface area contributed by atoms with Crippen molar-refractivity contribution in [2.24, 2.45) is 0 Å². The van der Waals surface area contributed by atoms with E-state index in [2.05, 4.69) is 0 Å². The second-order valence-corrected chi connectivity index (χ2v) is 7.67. The SMILES string of the molecule is O=C(C1=C(c2ccccc2)N(Cc2cc(F)cc(F)c2)C(=O)CC1)c1ccccc1Cl. The standard InChI is InChI=1S/C25H18ClF2NO2/c26-22-9-5-4-8-20(22)25(31)21-10-11-23(30)29(24(21)17-6-2-1-3-7-17)15-16-12-18(27)14-19(28)13-16/h1-9,12-14H,10-11,15H2. The van der Waals surface area contributed by atoms with Crippen molar-refractivity contribution in [3.05, 3.63) is 112 Å². The zero-order valence-electron chi connectivity index (χ0n) is 16.4. The molecule has 0 spiro atoms. The first-order chi connectivity index (χ1) is 14.9. The van der Waals surface area contributed by atoms with Gasteiger partial charge in [0.25, 0.3) is 0 Å². The third-order valence-electron chi connectivity index (χ3n) is 5.15. The molecule has 1 heterocycles. The average Bonchev–Trinajstić information content (AvgIpc) is 2.75. The van der Waals surface area contributed by atoms with Gasteiger partial charge in [-0.15, -0.1) is 0 Å². The second-order valence-electron chi connectivity index (χ2n) is 7.26. The zero-order chi connectivity index (χ0) is 22.0. The number of ketones is 1. The fourth-order valence-electron chi connectivity index (χ4n) is 3.78. The maximum atomic E-state index is 13.7. The number of hydrogen-bond acceptors (Lipinski definition) is 2. The molecule has 0 aliphatic carbocycles. The van der Waals surface area contributed by atoms with Gasteiger partial charge in [0.2, 0.25) is 5.91 Å². The van der Waals surface area contributed by atoms with Gasteiger partial charge in [0, 0.05) is 23.6 Å². The maximum absolute atomic E-state index is 13.7. The summed E-state index contributed by atoms with van der Waals surface area (Å²) in [5.74, 6) is -1.94. The molecule has 0 saturated carbocycles. The lowest BCUT2D eigenvalue weighted by molar-refractivity contribution is -0.128. The highest BCUT2D eigenvalue weighted by atomic mass is 35.5. The third kappa shape index (κ3) is 4.42. The second kappa shape index (κ2) is 8.82. The molecule has 4 rings (SSSR count). The Morgan fingerprint density at radius 1 is 0.903 bits per heavy atom. The van der Waals surface area contributed by atoms with E-state index >= 15 is 0 Å². The van der Waals surface area contributed by atoms with Crippen LogP contribution >= 0.6 is 11.6 Å². The van der Waals surface area contributed by atoms with E-state index in [1.54, 1.807) is 48.5 Å². The summed E-state index contributed by atoms with van der Waals surface area (Å²) < 4.78 is 27.5. The van der Waals surface area contributed by atoms with E-state index in [0.717, 1.165) is 6.07 Å². The lowest BCUT2D eigenvalue weighted by atomic mass is 9.90. The molecule has 31 heavy (non-hydrogen) atoms. The van der Waals surface area contributed by atoms with Gasteiger partial charge in [-0.2, -0.15) is 0 Å². The van der Waals surface area contributed by atoms with E-state index in [0.29, 0.717) is 33.0 Å². The van der Waals surface area contributed by atoms with E-state index < -0.39 is 11.6 Å². The normalized spacial score (nSPS) is 14.2. The summed E-state index contributed by atoms with van der Waals surface area (Å²) in [6.45, 7) is -0.0585. The Labute approximate surface area is 183 Å². The molecule has 0 unspecified atom stereocenters. The number of nitrogens with zero attached hydrogens (tertiary/aromatic N) is 1. The fraction of sp³-hybridized carbons (Fsp3) is 0.120. The number of Topliss-reactive ketones (excluding diaryl/α,β-unsaturated/α-hetero) is 1. The van der Waals surface area contributed by atoms with Crippen molar-refractivity contribution < 1.29 is 18.4 Å². The molecular weight excluding hydrogens is 420 g/mol. The molecule has 6 heteroatoms. The van der Waals surface area contributed by atoms with Crippen LogP contribution in [0.5, 0.6) is 0 Å². The molecule has 0 aromatic heterocycles. The highest BCUT2D eigenvalue weighted by Crippen LogP contribution is 2.35. The maximum Gasteiger partial charge on any atom is 0.227 e. The van der Waals surface area contributed by atoms with Gasteiger partial charge in [0.1, 0.15) is 11.6 Å². The third-order valence-corrected chi connectivity index (χ3v) is 5.48. The van der Waals surface area contributed by atoms with Crippen LogP contribution in [-0.2, 0) is 11.3 Å². The van der Waals surface area contributed by atoms with Gasteiger partial charge in [-0.25, -0.2) is 8.78 Å². The van der Waals surface area contributed by atoms with Gasteiger partial charge in [0.15, 0.2) is 5.78 Å². The summed E-state index contributed by atoms with van der Waals surface area (Å²) in [4.78, 5) is 27.7. The molecule has 0 fully saturated rings. The number of halogens is 3. The Kier molecular flexibility index (Phi) is 5.96. The van der Waals surface area contributed by atoms with E-state index in [4.69, 9.17) is 11.6 Å². The number of carbonyl (C=O) groups is 2. The molecule has 0 atom stereocenters. The van der Waals surface area contributed by atoms with Crippen LogP contribution in [0.4, 0.5) is 8.78 Å². The molecule has 1 aliphatic heterocycles. The average molecular weight is 438 g/mol. The predicted octanol–water partition coefficient (Wildman–Crippen LogP) is 6.03. The van der Waals surface area contributed by atoms with Crippen molar-refractivity contribution in [3.63, 3.8) is 0 Å². The van der Waals surface area contributed by atoms with Crippen LogP contribution in [0.25, 0.3) is 5.70 Å². The lowest BCUT2D eigenvalue weighted by Crippen LogP contribution is -2.34. The van der Waals surface area contributed by atoms with Crippen molar-refractivity contribution in [1.29, 1.82) is 0 Å². The van der Waals surface area contributed by atoms with Crippen LogP contribution in [0.2, 0.25) is 5.02 Å². The minimum atomic E-state index is -0.725. The van der Waals surface area contributed by atoms with E-state index in [1.807, 2.05) is 6.07 Å². The molecule has 1 amide bonds. The van der Waals surface area contributed by atoms with Crippen LogP contribution in [0, 0.1) is 11.6 Å². The van der Waals surface area contributed by atoms with Gasteiger partial charge in [-0.05, 0) is 41.8 Å². The number of rotatable bonds is 5. The number of allylic oxidation sites excluding steroid dienone is 1. The van der Waals surface area contributed by atoms with Crippen LogP contribution in [0.3, 0.4) is 0 Å². The van der Waals surface area contributed by atoms with Crippen molar-refractivity contribution in [2.45, 2.75) is 19.4 Å². The summed E-state index contributed by atoms with van der Waals surface area (Å²) in [7, 11) is 0. The molecule has 0 bridgehead atoms. The monoisotopic (exact) mass is 437 g/mol. The van der Waals surface area contributed by atoms with E-state index in [-0.39, 0.29) is 31.1 Å². The Balaban J connectivity index is 1.86. The number of amides is 1. The van der Waals surface area contributed by atoms with Crippen LogP contribution in [0.15, 0.2) is 78.4 Å². The molecule has 0 radical (unpaired) electrons. The van der Waals surface area contributed by atoms with Crippen molar-refractivity contribution >= 4 is 29.0 Å². The van der Waals surface area contributed by atoms with Crippen LogP contribution in [0.1, 0.15) is 34.3 Å². The van der Waals surface area contributed by atoms with Crippen molar-refractivity contribution in [3.8, 4) is 0 Å². The number of benzene rings is 3. The van der Waals surface area contributed by atoms with E-state index in [1.165, 1.54) is 17.0 Å². The molecule has 1 aliphatic rings. The molecular formula is C25H18ClF2NO2. The Hall–Kier alpha value is -3.31. The highest BCUT2D eigenvalue weighted by Gasteiger charge is 2.32. The first-order valence-corrected chi connectivity index (χ1v) is 10.1. The Morgan fingerprint density at radius 2 is 1.55 bits per heavy atom. The minimum absolute atomic E-state index is 0.0585. The van der Waals surface area contributed by atoms with Crippen LogP contribution < -0.4 is 0 Å². The lowest BCUT2D eigenvalue weighted by Gasteiger charge is -2.32. The van der Waals surface area contributed by atoms with Crippen molar-refractivity contribution in [2.75, 3.05) is 0 Å². The van der Waals surface area contributed by atoms with Gasteiger partial charge >= 0.3 is 0 Å². The summed E-state index contributed by atoms with van der Waals surface area (Å²) in [5.41, 5.74) is 2.19. The number of carbonyl (C=O) groups excluding carboxylic acids is 2. The molecule has 156 valence electrons. The molecule has 3 nitrogen and oxygen atoms in total. The Bertz CT molecular complexity index is 1170. The first-order valence-electron chi connectivity index (χ1n) is 9.77. The minimum Gasteiger partial charge on any atom is -0.307 e. The number of hydrogen-bond donors (Lipinski definition) is 0. The summed E-state index contributed by atoms with van der Waals surface area (Å²) in [5, 5.41) is 0.322. The van der Waals surface area contributed by atoms with Gasteiger partial charge in [-0.1, -0.05) is 54.1 Å². The summed E-state index contributed by atoms with van der Waals surface area (Å²) in [6.07, 6.45) is 0.362. The Morgan fingerprint density at radius 3 is 2.23 bits per heavy atom. The highest BCUT2D eigenvalue weighted by molar-refractivity contribution is 6.35. The van der Waals surface area contributed by atoms with Crippen molar-refractivity contribution in [1.82, 2.24) is 4.90 Å². The van der Waals surface area contributed by atoms with Gasteiger partial charge in [-0.3, -0.25) is 9.59 Å². The fourth-order valence-corrected chi connectivity index (χ4v) is 4.00. The first kappa shape index (κ1) is 20.9. The molecule has 3 aromatic carbocycles.